The van der Waals surface area contributed by atoms with Gasteiger partial charge in [0.2, 0.25) is 5.91 Å². The Hall–Kier alpha value is -2.50. The first-order valence-electron chi connectivity index (χ1n) is 9.43. The zero-order chi connectivity index (χ0) is 19.3. The highest BCUT2D eigenvalue weighted by molar-refractivity contribution is 5.93. The third-order valence-corrected chi connectivity index (χ3v) is 5.44. The van der Waals surface area contributed by atoms with Crippen LogP contribution in [0.5, 0.6) is 11.5 Å². The molecule has 0 spiro atoms. The third-order valence-electron chi connectivity index (χ3n) is 5.44. The summed E-state index contributed by atoms with van der Waals surface area (Å²) in [6, 6.07) is 2.12. The lowest BCUT2D eigenvalue weighted by Gasteiger charge is -2.33. The molecule has 1 fully saturated rings. The molecule has 0 saturated heterocycles. The quantitative estimate of drug-likeness (QED) is 0.836. The van der Waals surface area contributed by atoms with Crippen molar-refractivity contribution in [1.29, 1.82) is 0 Å². The van der Waals surface area contributed by atoms with Gasteiger partial charge in [0.05, 0.1) is 24.5 Å². The minimum Gasteiger partial charge on any atom is -0.496 e. The standard InChI is InChI=1S/C21H25NO5/c1-11-14(9-17(23)22-12-5-6-12)20(24)26-19-13-7-8-21(2,3)27-15(13)10-16(25-4)18(11)19/h10,12H,5-9H2,1-4H3,(H,22,23). The molecule has 1 N–H and O–H groups in total. The minimum absolute atomic E-state index is 0.0182. The predicted molar refractivity (Wildman–Crippen MR) is 102 cm³/mol. The smallest absolute Gasteiger partial charge is 0.340 e. The number of ether oxygens (including phenoxy) is 2. The first-order chi connectivity index (χ1) is 12.8. The van der Waals surface area contributed by atoms with E-state index in [0.29, 0.717) is 22.6 Å². The molecule has 27 heavy (non-hydrogen) atoms. The highest BCUT2D eigenvalue weighted by atomic mass is 16.5. The van der Waals surface area contributed by atoms with E-state index in [1.165, 1.54) is 0 Å². The van der Waals surface area contributed by atoms with Gasteiger partial charge in [0, 0.05) is 17.7 Å². The van der Waals surface area contributed by atoms with E-state index < -0.39 is 5.63 Å². The second kappa shape index (κ2) is 6.29. The molecular weight excluding hydrogens is 346 g/mol. The van der Waals surface area contributed by atoms with Crippen molar-refractivity contribution in [2.24, 2.45) is 0 Å². The van der Waals surface area contributed by atoms with Crippen LogP contribution in [-0.2, 0) is 17.6 Å². The molecule has 144 valence electrons. The van der Waals surface area contributed by atoms with E-state index in [0.717, 1.165) is 42.2 Å². The van der Waals surface area contributed by atoms with Gasteiger partial charge in [-0.2, -0.15) is 0 Å². The van der Waals surface area contributed by atoms with Crippen LogP contribution in [0.2, 0.25) is 0 Å². The van der Waals surface area contributed by atoms with E-state index in [4.69, 9.17) is 13.9 Å². The Morgan fingerprint density at radius 3 is 2.78 bits per heavy atom. The van der Waals surface area contributed by atoms with E-state index in [2.05, 4.69) is 5.32 Å². The fourth-order valence-electron chi connectivity index (χ4n) is 3.71. The maximum atomic E-state index is 12.7. The van der Waals surface area contributed by atoms with Crippen molar-refractivity contribution < 1.29 is 18.7 Å². The summed E-state index contributed by atoms with van der Waals surface area (Å²) in [5.41, 5.74) is 1.77. The molecule has 2 aliphatic rings. The molecule has 0 bridgehead atoms. The maximum absolute atomic E-state index is 12.7. The predicted octanol–water partition coefficient (Wildman–Crippen LogP) is 3.03. The van der Waals surface area contributed by atoms with Crippen LogP contribution < -0.4 is 20.4 Å². The number of amides is 1. The number of nitrogens with one attached hydrogen (secondary N) is 1. The van der Waals surface area contributed by atoms with Crippen molar-refractivity contribution in [1.82, 2.24) is 5.32 Å². The second-order valence-electron chi connectivity index (χ2n) is 8.13. The van der Waals surface area contributed by atoms with Crippen molar-refractivity contribution >= 4 is 16.9 Å². The zero-order valence-corrected chi connectivity index (χ0v) is 16.2. The van der Waals surface area contributed by atoms with E-state index in [1.807, 2.05) is 26.8 Å². The molecule has 6 nitrogen and oxygen atoms in total. The van der Waals surface area contributed by atoms with Crippen LogP contribution in [0.15, 0.2) is 15.3 Å². The van der Waals surface area contributed by atoms with Crippen molar-refractivity contribution in [3.8, 4) is 11.5 Å². The Morgan fingerprint density at radius 2 is 2.11 bits per heavy atom. The molecule has 0 radical (unpaired) electrons. The number of hydrogen-bond donors (Lipinski definition) is 1. The van der Waals surface area contributed by atoms with Gasteiger partial charge in [-0.25, -0.2) is 4.79 Å². The third kappa shape index (κ3) is 3.29. The Bertz CT molecular complexity index is 984. The fourth-order valence-corrected chi connectivity index (χ4v) is 3.71. The summed E-state index contributed by atoms with van der Waals surface area (Å²) in [6.45, 7) is 5.92. The molecule has 1 amide bonds. The van der Waals surface area contributed by atoms with Gasteiger partial charge in [-0.1, -0.05) is 0 Å². The number of aryl methyl sites for hydroxylation is 2. The number of fused-ring (bicyclic) bond motifs is 3. The van der Waals surface area contributed by atoms with E-state index in [9.17, 15) is 9.59 Å². The largest absolute Gasteiger partial charge is 0.496 e. The molecule has 2 aromatic rings. The van der Waals surface area contributed by atoms with Crippen LogP contribution in [0, 0.1) is 6.92 Å². The highest BCUT2D eigenvalue weighted by Crippen LogP contribution is 2.43. The average Bonchev–Trinajstić information content (AvgIpc) is 3.40. The monoisotopic (exact) mass is 371 g/mol. The molecule has 1 aliphatic heterocycles. The zero-order valence-electron chi connectivity index (χ0n) is 16.2. The first kappa shape index (κ1) is 17.9. The number of hydrogen-bond acceptors (Lipinski definition) is 5. The lowest BCUT2D eigenvalue weighted by atomic mass is 9.91. The van der Waals surface area contributed by atoms with E-state index in [-0.39, 0.29) is 24.0 Å². The lowest BCUT2D eigenvalue weighted by molar-refractivity contribution is -0.120. The fraction of sp³-hybridized carbons (Fsp3) is 0.524. The van der Waals surface area contributed by atoms with Gasteiger partial charge in [-0.05, 0) is 52.0 Å². The maximum Gasteiger partial charge on any atom is 0.340 e. The van der Waals surface area contributed by atoms with Crippen LogP contribution in [0.3, 0.4) is 0 Å². The summed E-state index contributed by atoms with van der Waals surface area (Å²) in [5, 5.41) is 3.67. The summed E-state index contributed by atoms with van der Waals surface area (Å²) in [5.74, 6) is 1.14. The molecule has 0 unspecified atom stereocenters. The Balaban J connectivity index is 1.84. The average molecular weight is 371 g/mol. The number of rotatable bonds is 4. The van der Waals surface area contributed by atoms with Crippen LogP contribution in [0.4, 0.5) is 0 Å². The van der Waals surface area contributed by atoms with Crippen molar-refractivity contribution in [2.45, 2.75) is 64.5 Å². The van der Waals surface area contributed by atoms with Crippen molar-refractivity contribution in [3.63, 3.8) is 0 Å². The van der Waals surface area contributed by atoms with Crippen LogP contribution >= 0.6 is 0 Å². The summed E-state index contributed by atoms with van der Waals surface area (Å²) in [7, 11) is 1.58. The van der Waals surface area contributed by atoms with Gasteiger partial charge in [-0.3, -0.25) is 4.79 Å². The molecule has 2 heterocycles. The molecule has 1 aromatic carbocycles. The lowest BCUT2D eigenvalue weighted by Crippen LogP contribution is -2.33. The summed E-state index contributed by atoms with van der Waals surface area (Å²) in [4.78, 5) is 24.9. The first-order valence-corrected chi connectivity index (χ1v) is 9.43. The van der Waals surface area contributed by atoms with Crippen LogP contribution in [-0.4, -0.2) is 24.7 Å². The number of carbonyl (C=O) groups is 1. The molecule has 1 aliphatic carbocycles. The van der Waals surface area contributed by atoms with Gasteiger partial charge in [-0.15, -0.1) is 0 Å². The molecule has 1 aromatic heterocycles. The minimum atomic E-state index is -0.466. The Labute approximate surface area is 157 Å². The van der Waals surface area contributed by atoms with Gasteiger partial charge in [0.15, 0.2) is 0 Å². The van der Waals surface area contributed by atoms with E-state index >= 15 is 0 Å². The molecule has 1 saturated carbocycles. The molecule has 6 heteroatoms. The normalized spacial score (nSPS) is 17.9. The SMILES string of the molecule is COc1cc2c(c3oc(=O)c(CC(=O)NC4CC4)c(C)c13)CCC(C)(C)O2. The number of carbonyl (C=O) groups excluding carboxylic acids is 1. The summed E-state index contributed by atoms with van der Waals surface area (Å²) < 4.78 is 17.4. The van der Waals surface area contributed by atoms with Crippen molar-refractivity contribution in [2.75, 3.05) is 7.11 Å². The van der Waals surface area contributed by atoms with Gasteiger partial charge in [0.1, 0.15) is 22.7 Å². The van der Waals surface area contributed by atoms with Gasteiger partial charge < -0.3 is 19.2 Å². The van der Waals surface area contributed by atoms with E-state index in [1.54, 1.807) is 7.11 Å². The van der Waals surface area contributed by atoms with Crippen molar-refractivity contribution in [3.05, 3.63) is 33.2 Å². The topological polar surface area (TPSA) is 77.8 Å². The van der Waals surface area contributed by atoms with Gasteiger partial charge in [0.25, 0.3) is 0 Å². The van der Waals surface area contributed by atoms with Crippen LogP contribution in [0.1, 0.15) is 49.8 Å². The molecule has 4 rings (SSSR count). The summed E-state index contributed by atoms with van der Waals surface area (Å²) >= 11 is 0. The highest BCUT2D eigenvalue weighted by Gasteiger charge is 2.31. The number of benzene rings is 1. The Kier molecular flexibility index (Phi) is 4.17. The van der Waals surface area contributed by atoms with Crippen LogP contribution in [0.25, 0.3) is 11.0 Å². The Morgan fingerprint density at radius 1 is 1.37 bits per heavy atom. The van der Waals surface area contributed by atoms with Gasteiger partial charge >= 0.3 is 5.63 Å². The molecular formula is C21H25NO5. The summed E-state index contributed by atoms with van der Waals surface area (Å²) in [6.07, 6.45) is 3.62. The number of methoxy groups -OCH3 is 1. The molecule has 0 atom stereocenters. The second-order valence-corrected chi connectivity index (χ2v) is 8.13.